The minimum Gasteiger partial charge on any atom is -0.481 e. The summed E-state index contributed by atoms with van der Waals surface area (Å²) in [6.07, 6.45) is 0. The highest BCUT2D eigenvalue weighted by atomic mass is 32.2. The van der Waals surface area contributed by atoms with Gasteiger partial charge in [-0.15, -0.1) is 11.8 Å². The smallest absolute Gasteiger partial charge is 0.327 e. The number of carboxylic acids is 2. The topological polar surface area (TPSA) is 136 Å². The summed E-state index contributed by atoms with van der Waals surface area (Å²) < 4.78 is 14.3. The van der Waals surface area contributed by atoms with Gasteiger partial charge >= 0.3 is 18.0 Å². The van der Waals surface area contributed by atoms with E-state index in [-0.39, 0.29) is 17.9 Å². The largest absolute Gasteiger partial charge is 0.481 e. The number of carboxylic acid groups (broad SMARTS) is 2. The fourth-order valence-electron chi connectivity index (χ4n) is 3.45. The van der Waals surface area contributed by atoms with E-state index < -0.39 is 53.6 Å². The first-order valence-corrected chi connectivity index (χ1v) is 11.0. The number of aliphatic carboxylic acids is 2. The third-order valence-corrected chi connectivity index (χ3v) is 6.42. The molecule has 0 radical (unpaired) electrons. The van der Waals surface area contributed by atoms with Gasteiger partial charge in [-0.2, -0.15) is 0 Å². The van der Waals surface area contributed by atoms with E-state index in [9.17, 15) is 33.8 Å². The Labute approximate surface area is 193 Å². The first-order valence-electron chi connectivity index (χ1n) is 9.99. The van der Waals surface area contributed by atoms with Crippen molar-refractivity contribution in [3.05, 3.63) is 71.5 Å². The highest BCUT2D eigenvalue weighted by Gasteiger charge is 2.43. The summed E-state index contributed by atoms with van der Waals surface area (Å²) in [6, 6.07) is 12.2. The van der Waals surface area contributed by atoms with Crippen molar-refractivity contribution in [3.8, 4) is 0 Å². The molecule has 3 rings (SSSR count). The molecule has 0 bridgehead atoms. The highest BCUT2D eigenvalue weighted by molar-refractivity contribution is 7.99. The van der Waals surface area contributed by atoms with Gasteiger partial charge in [-0.3, -0.25) is 9.59 Å². The number of halogens is 1. The van der Waals surface area contributed by atoms with Gasteiger partial charge < -0.3 is 25.7 Å². The molecule has 1 unspecified atom stereocenters. The summed E-state index contributed by atoms with van der Waals surface area (Å²) in [6.45, 7) is -0.751. The lowest BCUT2D eigenvalue weighted by Gasteiger charge is -2.28. The van der Waals surface area contributed by atoms with E-state index in [4.69, 9.17) is 0 Å². The van der Waals surface area contributed by atoms with E-state index >= 15 is 0 Å². The molecule has 3 amide bonds. The minimum atomic E-state index is -1.23. The number of urea groups is 1. The number of nitrogens with zero attached hydrogens (tertiary/aromatic N) is 1. The van der Waals surface area contributed by atoms with Crippen molar-refractivity contribution in [1.29, 1.82) is 0 Å². The number of carbonyl (C=O) groups is 4. The van der Waals surface area contributed by atoms with Gasteiger partial charge in [-0.05, 0) is 11.6 Å². The summed E-state index contributed by atoms with van der Waals surface area (Å²) >= 11 is 1.12. The van der Waals surface area contributed by atoms with Gasteiger partial charge in [-0.25, -0.2) is 14.0 Å². The maximum absolute atomic E-state index is 14.3. The Kier molecular flexibility index (Phi) is 7.88. The molecule has 1 aliphatic heterocycles. The van der Waals surface area contributed by atoms with Crippen LogP contribution in [0.2, 0.25) is 0 Å². The number of hydrogen-bond acceptors (Lipinski definition) is 5. The second-order valence-corrected chi connectivity index (χ2v) is 8.34. The van der Waals surface area contributed by atoms with Crippen LogP contribution in [0.3, 0.4) is 0 Å². The first kappa shape index (κ1) is 24.1. The molecular weight excluding hydrogens is 453 g/mol. The summed E-state index contributed by atoms with van der Waals surface area (Å²) in [7, 11) is 0. The number of nitrogens with one attached hydrogen (secondary N) is 2. The van der Waals surface area contributed by atoms with Gasteiger partial charge in [0.25, 0.3) is 0 Å². The lowest BCUT2D eigenvalue weighted by molar-refractivity contribution is -0.148. The van der Waals surface area contributed by atoms with Crippen LogP contribution < -0.4 is 10.6 Å². The summed E-state index contributed by atoms with van der Waals surface area (Å²) in [5.41, 5.74) is 0.684. The SMILES string of the molecule is O=C(NCC(=O)N1C(C(=O)O)CS[C@@H]1c1ccccc1F)NC[C@@H](C(=O)O)c1ccccc1. The second kappa shape index (κ2) is 10.8. The molecule has 0 spiro atoms. The Morgan fingerprint density at radius 3 is 2.33 bits per heavy atom. The fourth-order valence-corrected chi connectivity index (χ4v) is 4.92. The van der Waals surface area contributed by atoms with Crippen LogP contribution in [0, 0.1) is 5.82 Å². The third-order valence-electron chi connectivity index (χ3n) is 5.11. The quantitative estimate of drug-likeness (QED) is 0.459. The van der Waals surface area contributed by atoms with Gasteiger partial charge in [0.15, 0.2) is 0 Å². The Morgan fingerprint density at radius 2 is 1.70 bits per heavy atom. The van der Waals surface area contributed by atoms with E-state index in [1.807, 2.05) is 0 Å². The average Bonchev–Trinajstić information content (AvgIpc) is 3.24. The number of rotatable bonds is 8. The molecule has 1 fully saturated rings. The molecular formula is C22H22FN3O6S. The molecule has 2 aromatic carbocycles. The molecule has 1 heterocycles. The average molecular weight is 475 g/mol. The molecule has 1 aliphatic rings. The van der Waals surface area contributed by atoms with E-state index in [1.54, 1.807) is 36.4 Å². The number of thioether (sulfide) groups is 1. The Morgan fingerprint density at radius 1 is 1.03 bits per heavy atom. The van der Waals surface area contributed by atoms with Crippen molar-refractivity contribution >= 4 is 35.6 Å². The molecule has 0 aliphatic carbocycles. The van der Waals surface area contributed by atoms with Crippen molar-refractivity contribution in [2.45, 2.75) is 17.3 Å². The van der Waals surface area contributed by atoms with Gasteiger partial charge in [0.05, 0.1) is 12.5 Å². The number of amides is 3. The number of benzene rings is 2. The normalized spacial score (nSPS) is 18.4. The number of hydrogen-bond donors (Lipinski definition) is 4. The number of carbonyl (C=O) groups excluding carboxylic acids is 2. The van der Waals surface area contributed by atoms with E-state index in [1.165, 1.54) is 18.2 Å². The molecule has 9 nitrogen and oxygen atoms in total. The maximum Gasteiger partial charge on any atom is 0.327 e. The van der Waals surface area contributed by atoms with Crippen LogP contribution in [0.4, 0.5) is 9.18 Å². The van der Waals surface area contributed by atoms with Gasteiger partial charge in [-0.1, -0.05) is 48.5 Å². The van der Waals surface area contributed by atoms with E-state index in [2.05, 4.69) is 10.6 Å². The molecule has 2 aromatic rings. The fraction of sp³-hybridized carbons (Fsp3) is 0.273. The van der Waals surface area contributed by atoms with Crippen LogP contribution in [-0.2, 0) is 14.4 Å². The van der Waals surface area contributed by atoms with Gasteiger partial charge in [0.2, 0.25) is 5.91 Å². The molecule has 4 N–H and O–H groups in total. The van der Waals surface area contributed by atoms with Crippen LogP contribution >= 0.6 is 11.8 Å². The Bertz CT molecular complexity index is 1040. The lowest BCUT2D eigenvalue weighted by Crippen LogP contribution is -2.49. The van der Waals surface area contributed by atoms with Crippen molar-refractivity contribution in [3.63, 3.8) is 0 Å². The first-order chi connectivity index (χ1) is 15.8. The zero-order valence-corrected chi connectivity index (χ0v) is 18.1. The predicted octanol–water partition coefficient (Wildman–Crippen LogP) is 2.02. The minimum absolute atomic E-state index is 0.0731. The summed E-state index contributed by atoms with van der Waals surface area (Å²) in [5.74, 6) is -4.53. The Hall–Kier alpha value is -3.60. The van der Waals surface area contributed by atoms with Gasteiger partial charge in [0.1, 0.15) is 17.2 Å². The second-order valence-electron chi connectivity index (χ2n) is 7.23. The zero-order valence-electron chi connectivity index (χ0n) is 17.3. The third kappa shape index (κ3) is 5.80. The van der Waals surface area contributed by atoms with Crippen LogP contribution in [0.1, 0.15) is 22.4 Å². The zero-order chi connectivity index (χ0) is 24.0. The van der Waals surface area contributed by atoms with Gasteiger partial charge in [0, 0.05) is 17.9 Å². The lowest BCUT2D eigenvalue weighted by atomic mass is 9.99. The molecule has 0 saturated carbocycles. The van der Waals surface area contributed by atoms with Crippen molar-refractivity contribution in [2.24, 2.45) is 0 Å². The van der Waals surface area contributed by atoms with Crippen LogP contribution in [0.25, 0.3) is 0 Å². The predicted molar refractivity (Wildman–Crippen MR) is 118 cm³/mol. The van der Waals surface area contributed by atoms with Crippen molar-refractivity contribution < 1.29 is 33.8 Å². The van der Waals surface area contributed by atoms with E-state index in [0.29, 0.717) is 5.56 Å². The maximum atomic E-state index is 14.3. The van der Waals surface area contributed by atoms with Crippen molar-refractivity contribution in [1.82, 2.24) is 15.5 Å². The van der Waals surface area contributed by atoms with Crippen LogP contribution in [-0.4, -0.2) is 63.9 Å². The Balaban J connectivity index is 1.62. The standard InChI is InChI=1S/C22H22FN3O6S/c23-16-9-5-4-8-14(16)19-26(17(12-33-19)21(30)31)18(27)11-25-22(32)24-10-15(20(28)29)13-6-2-1-3-7-13/h1-9,15,17,19H,10-12H2,(H,28,29)(H,30,31)(H2,24,25,32)/t15-,17?,19-/m1/s1. The molecule has 174 valence electrons. The van der Waals surface area contributed by atoms with Crippen LogP contribution in [0.5, 0.6) is 0 Å². The molecule has 11 heteroatoms. The summed E-state index contributed by atoms with van der Waals surface area (Å²) in [5, 5.41) is 22.8. The molecule has 1 saturated heterocycles. The molecule has 33 heavy (non-hydrogen) atoms. The van der Waals surface area contributed by atoms with Crippen LogP contribution in [0.15, 0.2) is 54.6 Å². The summed E-state index contributed by atoms with van der Waals surface area (Å²) in [4.78, 5) is 49.2. The molecule has 0 aromatic heterocycles. The van der Waals surface area contributed by atoms with E-state index in [0.717, 1.165) is 16.7 Å². The highest BCUT2D eigenvalue weighted by Crippen LogP contribution is 2.42. The molecule has 3 atom stereocenters. The monoisotopic (exact) mass is 475 g/mol. The van der Waals surface area contributed by atoms with Crippen molar-refractivity contribution in [2.75, 3.05) is 18.8 Å².